The average Bonchev–Trinajstić information content (AvgIpc) is 2.24. The van der Waals surface area contributed by atoms with Gasteiger partial charge in [-0.15, -0.1) is 0 Å². The molecule has 4 heteroatoms. The van der Waals surface area contributed by atoms with Crippen molar-refractivity contribution in [3.05, 3.63) is 0 Å². The molecule has 1 aliphatic carbocycles. The van der Waals surface area contributed by atoms with Gasteiger partial charge in [0.15, 0.2) is 0 Å². The molecule has 0 spiro atoms. The molecule has 2 rings (SSSR count). The number of nitrogens with one attached hydrogen (secondary N) is 1. The first-order valence-corrected chi connectivity index (χ1v) is 5.17. The molecule has 1 atom stereocenters. The van der Waals surface area contributed by atoms with Gasteiger partial charge in [-0.1, -0.05) is 6.42 Å². The maximum Gasteiger partial charge on any atom is 0.239 e. The van der Waals surface area contributed by atoms with Crippen molar-refractivity contribution in [3.63, 3.8) is 0 Å². The Morgan fingerprint density at radius 1 is 1.64 bits per heavy atom. The van der Waals surface area contributed by atoms with Crippen molar-refractivity contribution >= 4 is 12.2 Å². The third-order valence-electron chi connectivity index (χ3n) is 3.47. The summed E-state index contributed by atoms with van der Waals surface area (Å²) < 4.78 is 0. The fourth-order valence-corrected chi connectivity index (χ4v) is 2.32. The van der Waals surface area contributed by atoms with Crippen LogP contribution in [0.1, 0.15) is 32.6 Å². The molecule has 0 aromatic carbocycles. The van der Waals surface area contributed by atoms with Gasteiger partial charge < -0.3 is 4.79 Å². The third-order valence-corrected chi connectivity index (χ3v) is 3.47. The van der Waals surface area contributed by atoms with Gasteiger partial charge in [0.05, 0.1) is 6.54 Å². The van der Waals surface area contributed by atoms with Crippen molar-refractivity contribution in [2.24, 2.45) is 5.92 Å². The Balaban J connectivity index is 2.02. The number of carbonyl (C=O) groups is 2. The van der Waals surface area contributed by atoms with Crippen LogP contribution in [0.2, 0.25) is 0 Å². The van der Waals surface area contributed by atoms with Gasteiger partial charge in [-0.3, -0.25) is 9.80 Å². The van der Waals surface area contributed by atoms with Gasteiger partial charge in [0.1, 0.15) is 6.29 Å². The van der Waals surface area contributed by atoms with Crippen LogP contribution in [0.25, 0.3) is 0 Å². The minimum absolute atomic E-state index is 0.0477. The largest absolute Gasteiger partial charge is 0.301 e. The summed E-state index contributed by atoms with van der Waals surface area (Å²) in [5, 5.41) is 1.45. The topological polar surface area (TPSA) is 49.4 Å². The second kappa shape index (κ2) is 3.35. The summed E-state index contributed by atoms with van der Waals surface area (Å²) in [6, 6.07) is 0. The number of aldehydes is 1. The lowest BCUT2D eigenvalue weighted by Crippen LogP contribution is -2.51. The summed E-state index contributed by atoms with van der Waals surface area (Å²) in [6.07, 6.45) is 4.96. The average molecular weight is 196 g/mol. The highest BCUT2D eigenvalue weighted by atomic mass is 16.2. The van der Waals surface area contributed by atoms with Gasteiger partial charge in [0.25, 0.3) is 0 Å². The van der Waals surface area contributed by atoms with Crippen molar-refractivity contribution < 1.29 is 9.59 Å². The van der Waals surface area contributed by atoms with Gasteiger partial charge in [-0.25, -0.2) is 5.43 Å². The normalized spacial score (nSPS) is 33.2. The van der Waals surface area contributed by atoms with E-state index in [1.54, 1.807) is 0 Å². The highest BCUT2D eigenvalue weighted by Crippen LogP contribution is 2.40. The lowest BCUT2D eigenvalue weighted by molar-refractivity contribution is -0.131. The summed E-state index contributed by atoms with van der Waals surface area (Å²) in [6.45, 7) is 2.25. The molecule has 0 aromatic rings. The Hall–Kier alpha value is -0.900. The van der Waals surface area contributed by atoms with Crippen LogP contribution >= 0.6 is 0 Å². The van der Waals surface area contributed by atoms with Crippen LogP contribution in [0.15, 0.2) is 0 Å². The number of hydrazine groups is 1. The van der Waals surface area contributed by atoms with Gasteiger partial charge in [-0.2, -0.15) is 0 Å². The van der Waals surface area contributed by atoms with Crippen LogP contribution < -0.4 is 5.43 Å². The number of amides is 1. The molecule has 1 N–H and O–H groups in total. The number of nitrogens with zero attached hydrogens (tertiary/aromatic N) is 1. The molecule has 0 aromatic heterocycles. The minimum Gasteiger partial charge on any atom is -0.301 e. The van der Waals surface area contributed by atoms with Crippen LogP contribution in [0.4, 0.5) is 0 Å². The highest BCUT2D eigenvalue weighted by Gasteiger charge is 2.46. The predicted molar refractivity (Wildman–Crippen MR) is 51.3 cm³/mol. The Bertz CT molecular complexity index is 263. The zero-order valence-electron chi connectivity index (χ0n) is 8.45. The van der Waals surface area contributed by atoms with Crippen molar-refractivity contribution in [2.45, 2.75) is 38.1 Å². The molecule has 1 saturated carbocycles. The van der Waals surface area contributed by atoms with Crippen molar-refractivity contribution in [1.29, 1.82) is 0 Å². The van der Waals surface area contributed by atoms with Crippen LogP contribution in [0.5, 0.6) is 0 Å². The van der Waals surface area contributed by atoms with Crippen LogP contribution in [0.3, 0.4) is 0 Å². The summed E-state index contributed by atoms with van der Waals surface area (Å²) in [4.78, 5) is 21.9. The number of carbonyl (C=O) groups excluding carboxylic acids is 2. The highest BCUT2D eigenvalue weighted by molar-refractivity contribution is 5.81. The first-order valence-electron chi connectivity index (χ1n) is 5.17. The summed E-state index contributed by atoms with van der Waals surface area (Å²) in [5.74, 6) is 0.648. The van der Waals surface area contributed by atoms with E-state index < -0.39 is 0 Å². The Morgan fingerprint density at radius 3 is 2.86 bits per heavy atom. The van der Waals surface area contributed by atoms with E-state index in [2.05, 4.69) is 12.3 Å². The van der Waals surface area contributed by atoms with E-state index in [0.29, 0.717) is 12.3 Å². The summed E-state index contributed by atoms with van der Waals surface area (Å²) >= 11 is 0. The van der Waals surface area contributed by atoms with Crippen LogP contribution in [-0.2, 0) is 9.59 Å². The molecule has 2 aliphatic rings. The first-order chi connectivity index (χ1) is 6.65. The fourth-order valence-electron chi connectivity index (χ4n) is 2.32. The van der Waals surface area contributed by atoms with E-state index in [4.69, 9.17) is 0 Å². The third kappa shape index (κ3) is 1.43. The molecule has 14 heavy (non-hydrogen) atoms. The van der Waals surface area contributed by atoms with Gasteiger partial charge in [0.2, 0.25) is 5.91 Å². The van der Waals surface area contributed by atoms with E-state index in [0.717, 1.165) is 6.29 Å². The number of hydrogen-bond donors (Lipinski definition) is 1. The second-order valence-corrected chi connectivity index (χ2v) is 4.50. The molecule has 1 unspecified atom stereocenters. The van der Waals surface area contributed by atoms with Crippen molar-refractivity contribution in [3.8, 4) is 0 Å². The number of rotatable bonds is 3. The monoisotopic (exact) mass is 196 g/mol. The summed E-state index contributed by atoms with van der Waals surface area (Å²) in [7, 11) is 0. The predicted octanol–water partition coefficient (Wildman–Crippen LogP) is 0.481. The van der Waals surface area contributed by atoms with E-state index in [1.165, 1.54) is 24.3 Å². The van der Waals surface area contributed by atoms with E-state index >= 15 is 0 Å². The fraction of sp³-hybridized carbons (Fsp3) is 0.800. The summed E-state index contributed by atoms with van der Waals surface area (Å²) in [5.41, 5.74) is 3.07. The van der Waals surface area contributed by atoms with E-state index in [9.17, 15) is 9.59 Å². The van der Waals surface area contributed by atoms with E-state index in [1.807, 2.05) is 0 Å². The number of hydrogen-bond acceptors (Lipinski definition) is 3. The lowest BCUT2D eigenvalue weighted by atomic mass is 9.71. The zero-order chi connectivity index (χ0) is 10.2. The molecule has 1 saturated heterocycles. The molecule has 1 aliphatic heterocycles. The van der Waals surface area contributed by atoms with Gasteiger partial charge >= 0.3 is 0 Å². The quantitative estimate of drug-likeness (QED) is 0.668. The van der Waals surface area contributed by atoms with E-state index in [-0.39, 0.29) is 18.0 Å². The maximum atomic E-state index is 11.5. The SMILES string of the molecule is CC1(C2CCC2)CC(=O)N(CC=O)N1. The Kier molecular flexibility index (Phi) is 2.31. The molecule has 4 nitrogen and oxygen atoms in total. The molecule has 0 radical (unpaired) electrons. The Labute approximate surface area is 83.6 Å². The van der Waals surface area contributed by atoms with Gasteiger partial charge in [-0.05, 0) is 25.7 Å². The molecular weight excluding hydrogens is 180 g/mol. The van der Waals surface area contributed by atoms with Crippen LogP contribution in [-0.4, -0.2) is 29.3 Å². The smallest absolute Gasteiger partial charge is 0.239 e. The maximum absolute atomic E-state index is 11.5. The lowest BCUT2D eigenvalue weighted by Gasteiger charge is -2.39. The standard InChI is InChI=1S/C10H16N2O2/c1-10(8-3-2-4-8)7-9(14)12(11-10)5-6-13/h6,8,11H,2-5,7H2,1H3. The first kappa shape index (κ1) is 9.65. The molecular formula is C10H16N2O2. The molecule has 1 amide bonds. The van der Waals surface area contributed by atoms with Gasteiger partial charge in [0, 0.05) is 12.0 Å². The second-order valence-electron chi connectivity index (χ2n) is 4.50. The van der Waals surface area contributed by atoms with Crippen molar-refractivity contribution in [2.75, 3.05) is 6.54 Å². The zero-order valence-corrected chi connectivity index (χ0v) is 8.45. The molecule has 78 valence electrons. The van der Waals surface area contributed by atoms with Crippen molar-refractivity contribution in [1.82, 2.24) is 10.4 Å². The molecule has 2 fully saturated rings. The van der Waals surface area contributed by atoms with Crippen LogP contribution in [0, 0.1) is 5.92 Å². The molecule has 0 bridgehead atoms. The Morgan fingerprint density at radius 2 is 2.36 bits per heavy atom. The molecule has 1 heterocycles. The minimum atomic E-state index is -0.0989.